The van der Waals surface area contributed by atoms with E-state index in [-0.39, 0.29) is 18.5 Å². The van der Waals surface area contributed by atoms with E-state index in [1.54, 1.807) is 30.3 Å². The molecule has 0 spiro atoms. The van der Waals surface area contributed by atoms with E-state index in [9.17, 15) is 13.6 Å². The second kappa shape index (κ2) is 8.75. The molecule has 1 fully saturated rings. The molecular weight excluding hydrogens is 342 g/mol. The summed E-state index contributed by atoms with van der Waals surface area (Å²) in [7, 11) is 0. The molecule has 8 heteroatoms. The van der Waals surface area contributed by atoms with Crippen LogP contribution in [-0.2, 0) is 6.54 Å². The van der Waals surface area contributed by atoms with Crippen LogP contribution in [0, 0.1) is 0 Å². The fourth-order valence-electron chi connectivity index (χ4n) is 2.90. The summed E-state index contributed by atoms with van der Waals surface area (Å²) in [5, 5.41) is 10.5. The molecule has 2 N–H and O–H groups in total. The zero-order valence-corrected chi connectivity index (χ0v) is 14.3. The highest BCUT2D eigenvalue weighted by Crippen LogP contribution is 2.16. The number of carbonyl (C=O) groups is 1. The molecule has 6 nitrogen and oxygen atoms in total. The van der Waals surface area contributed by atoms with Crippen LogP contribution in [0.2, 0.25) is 0 Å². The van der Waals surface area contributed by atoms with Gasteiger partial charge in [-0.1, -0.05) is 12.1 Å². The van der Waals surface area contributed by atoms with Gasteiger partial charge in [0.15, 0.2) is 0 Å². The van der Waals surface area contributed by atoms with E-state index in [4.69, 9.17) is 4.74 Å². The minimum absolute atomic E-state index is 0.266. The zero-order chi connectivity index (χ0) is 18.4. The Morgan fingerprint density at radius 3 is 3.08 bits per heavy atom. The van der Waals surface area contributed by atoms with Gasteiger partial charge >= 0.3 is 0 Å². The summed E-state index contributed by atoms with van der Waals surface area (Å²) in [6, 6.07) is 8.71. The van der Waals surface area contributed by atoms with E-state index >= 15 is 0 Å². The van der Waals surface area contributed by atoms with Crippen LogP contribution in [0.4, 0.5) is 8.78 Å². The highest BCUT2D eigenvalue weighted by Gasteiger charge is 2.17. The molecule has 0 radical (unpaired) electrons. The number of benzene rings is 1. The summed E-state index contributed by atoms with van der Waals surface area (Å²) < 4.78 is 31.2. The predicted molar refractivity (Wildman–Crippen MR) is 92.5 cm³/mol. The van der Waals surface area contributed by atoms with E-state index in [1.807, 2.05) is 10.9 Å². The molecule has 1 aliphatic rings. The summed E-state index contributed by atoms with van der Waals surface area (Å²) in [4.78, 5) is 12.3. The van der Waals surface area contributed by atoms with Crippen LogP contribution in [0.1, 0.15) is 34.9 Å². The number of aromatic nitrogens is 2. The van der Waals surface area contributed by atoms with Crippen LogP contribution in [0.15, 0.2) is 36.5 Å². The number of ether oxygens (including phenoxy) is 1. The molecule has 0 bridgehead atoms. The van der Waals surface area contributed by atoms with Crippen molar-refractivity contribution in [1.29, 1.82) is 0 Å². The van der Waals surface area contributed by atoms with Gasteiger partial charge in [-0.15, -0.1) is 0 Å². The van der Waals surface area contributed by atoms with Crippen molar-refractivity contribution in [1.82, 2.24) is 20.4 Å². The molecular formula is C18H22F2N4O2. The number of amides is 1. The van der Waals surface area contributed by atoms with Crippen LogP contribution in [0.3, 0.4) is 0 Å². The average Bonchev–Trinajstić information content (AvgIpc) is 3.16. The topological polar surface area (TPSA) is 68.2 Å². The van der Waals surface area contributed by atoms with Crippen molar-refractivity contribution in [3.8, 4) is 5.75 Å². The molecule has 1 atom stereocenters. The first-order valence-corrected chi connectivity index (χ1v) is 8.66. The Labute approximate surface area is 150 Å². The Balaban J connectivity index is 1.54. The van der Waals surface area contributed by atoms with E-state index in [0.29, 0.717) is 11.4 Å². The molecule has 1 aromatic carbocycles. The minimum Gasteiger partial charge on any atom is -0.488 e. The van der Waals surface area contributed by atoms with Crippen molar-refractivity contribution in [2.24, 2.45) is 0 Å². The van der Waals surface area contributed by atoms with Gasteiger partial charge in [-0.25, -0.2) is 8.78 Å². The minimum atomic E-state index is -2.52. The first-order chi connectivity index (χ1) is 12.6. The maximum Gasteiger partial charge on any atom is 0.272 e. The maximum atomic E-state index is 12.3. The fourth-order valence-corrected chi connectivity index (χ4v) is 2.90. The second-order valence-corrected chi connectivity index (χ2v) is 6.21. The van der Waals surface area contributed by atoms with E-state index in [0.717, 1.165) is 31.5 Å². The van der Waals surface area contributed by atoms with Gasteiger partial charge in [-0.2, -0.15) is 5.10 Å². The van der Waals surface area contributed by atoms with Crippen molar-refractivity contribution >= 4 is 5.91 Å². The Hall–Kier alpha value is -2.48. The Morgan fingerprint density at radius 1 is 1.42 bits per heavy atom. The fraction of sp³-hybridized carbons (Fsp3) is 0.444. The van der Waals surface area contributed by atoms with Crippen LogP contribution in [0.5, 0.6) is 5.75 Å². The highest BCUT2D eigenvalue weighted by molar-refractivity contribution is 5.92. The molecule has 2 heterocycles. The standard InChI is InChI=1S/C18H22F2N4O2/c19-17(20)12-26-15-5-1-3-13(9-15)10-22-18(25)16-6-8-24(23-16)14-4-2-7-21-11-14/h1,3,5-6,8-9,14,17,21H,2,4,7,10-12H2,(H,22,25). The molecule has 3 rings (SSSR count). The third-order valence-corrected chi connectivity index (χ3v) is 4.21. The number of alkyl halides is 2. The lowest BCUT2D eigenvalue weighted by Gasteiger charge is -2.22. The lowest BCUT2D eigenvalue weighted by atomic mass is 10.1. The molecule has 0 aliphatic carbocycles. The number of rotatable bonds is 7. The van der Waals surface area contributed by atoms with Crippen LogP contribution >= 0.6 is 0 Å². The van der Waals surface area contributed by atoms with Gasteiger partial charge in [-0.3, -0.25) is 9.48 Å². The first kappa shape index (κ1) is 18.3. The van der Waals surface area contributed by atoms with Crippen molar-refractivity contribution in [2.45, 2.75) is 31.9 Å². The van der Waals surface area contributed by atoms with E-state index < -0.39 is 13.0 Å². The number of hydrogen-bond acceptors (Lipinski definition) is 4. The van der Waals surface area contributed by atoms with Gasteiger partial charge in [0, 0.05) is 19.3 Å². The lowest BCUT2D eigenvalue weighted by Crippen LogP contribution is -2.32. The number of nitrogens with one attached hydrogen (secondary N) is 2. The maximum absolute atomic E-state index is 12.3. The average molecular weight is 364 g/mol. The first-order valence-electron chi connectivity index (χ1n) is 8.66. The Morgan fingerprint density at radius 2 is 2.31 bits per heavy atom. The number of halogens is 2. The Kier molecular flexibility index (Phi) is 6.17. The summed E-state index contributed by atoms with van der Waals surface area (Å²) in [6.45, 7) is 1.49. The van der Waals surface area contributed by atoms with Crippen LogP contribution in [-0.4, -0.2) is 41.8 Å². The summed E-state index contributed by atoms with van der Waals surface area (Å²) in [5.41, 5.74) is 1.13. The molecule has 140 valence electrons. The van der Waals surface area contributed by atoms with Gasteiger partial charge in [0.05, 0.1) is 6.04 Å². The van der Waals surface area contributed by atoms with Gasteiger partial charge in [-0.05, 0) is 43.1 Å². The van der Waals surface area contributed by atoms with Gasteiger partial charge in [0.25, 0.3) is 12.3 Å². The summed E-state index contributed by atoms with van der Waals surface area (Å²) in [6.07, 6.45) is 1.44. The van der Waals surface area contributed by atoms with Crippen molar-refractivity contribution in [2.75, 3.05) is 19.7 Å². The summed E-state index contributed by atoms with van der Waals surface area (Å²) >= 11 is 0. The molecule has 2 aromatic rings. The number of nitrogens with zero attached hydrogens (tertiary/aromatic N) is 2. The van der Waals surface area contributed by atoms with Crippen LogP contribution in [0.25, 0.3) is 0 Å². The van der Waals surface area contributed by atoms with Crippen LogP contribution < -0.4 is 15.4 Å². The Bertz CT molecular complexity index is 729. The molecule has 1 aromatic heterocycles. The van der Waals surface area contributed by atoms with E-state index in [1.165, 1.54) is 0 Å². The van der Waals surface area contributed by atoms with Crippen molar-refractivity contribution < 1.29 is 18.3 Å². The number of carbonyl (C=O) groups excluding carboxylic acids is 1. The molecule has 26 heavy (non-hydrogen) atoms. The molecule has 1 aliphatic heterocycles. The van der Waals surface area contributed by atoms with Gasteiger partial charge in [0.2, 0.25) is 0 Å². The molecule has 1 amide bonds. The van der Waals surface area contributed by atoms with Gasteiger partial charge in [0.1, 0.15) is 18.1 Å². The third kappa shape index (κ3) is 5.01. The molecule has 0 saturated carbocycles. The molecule has 1 saturated heterocycles. The monoisotopic (exact) mass is 364 g/mol. The van der Waals surface area contributed by atoms with Crippen molar-refractivity contribution in [3.63, 3.8) is 0 Å². The number of hydrogen-bond donors (Lipinski definition) is 2. The normalized spacial score (nSPS) is 17.3. The predicted octanol–water partition coefficient (Wildman–Crippen LogP) is 2.38. The summed E-state index contributed by atoms with van der Waals surface area (Å²) in [5.74, 6) is 0.0811. The SMILES string of the molecule is O=C(NCc1cccc(OCC(F)F)c1)c1ccn(C2CCCNC2)n1. The number of piperidine rings is 1. The smallest absolute Gasteiger partial charge is 0.272 e. The second-order valence-electron chi connectivity index (χ2n) is 6.21. The largest absolute Gasteiger partial charge is 0.488 e. The van der Waals surface area contributed by atoms with Crippen molar-refractivity contribution in [3.05, 3.63) is 47.8 Å². The highest BCUT2D eigenvalue weighted by atomic mass is 19.3. The third-order valence-electron chi connectivity index (χ3n) is 4.21. The van der Waals surface area contributed by atoms with E-state index in [2.05, 4.69) is 15.7 Å². The zero-order valence-electron chi connectivity index (χ0n) is 14.3. The lowest BCUT2D eigenvalue weighted by molar-refractivity contribution is 0.0818. The molecule has 1 unspecified atom stereocenters. The van der Waals surface area contributed by atoms with Gasteiger partial charge < -0.3 is 15.4 Å². The quantitative estimate of drug-likeness (QED) is 0.792.